The number of carbonyl (C=O) groups excluding carboxylic acids is 1. The summed E-state index contributed by atoms with van der Waals surface area (Å²) in [7, 11) is 6.30. The van der Waals surface area contributed by atoms with Gasteiger partial charge in [0.2, 0.25) is 5.75 Å². The maximum atomic E-state index is 12.8. The van der Waals surface area contributed by atoms with Crippen LogP contribution in [0.15, 0.2) is 41.6 Å². The van der Waals surface area contributed by atoms with E-state index in [0.717, 1.165) is 16.9 Å². The monoisotopic (exact) mass is 427 g/mol. The van der Waals surface area contributed by atoms with Gasteiger partial charge >= 0.3 is 0 Å². The molecule has 4 rings (SSSR count). The summed E-state index contributed by atoms with van der Waals surface area (Å²) in [4.78, 5) is 17.4. The second kappa shape index (κ2) is 8.27. The molecule has 1 aliphatic heterocycles. The van der Waals surface area contributed by atoms with E-state index in [1.807, 2.05) is 36.4 Å². The molecule has 9 heteroatoms. The molecule has 1 aromatic heterocycles. The molecular formula is C21H21N3O5S. The molecular weight excluding hydrogens is 406 g/mol. The molecule has 2 heterocycles. The van der Waals surface area contributed by atoms with Gasteiger partial charge in [-0.15, -0.1) is 5.10 Å². The molecule has 0 bridgehead atoms. The number of hydrogen-bond donors (Lipinski definition) is 0. The maximum absolute atomic E-state index is 12.8. The number of fused-ring (bicyclic) bond motifs is 1. The van der Waals surface area contributed by atoms with Crippen LogP contribution in [-0.4, -0.2) is 49.1 Å². The van der Waals surface area contributed by atoms with Crippen LogP contribution in [-0.2, 0) is 0 Å². The van der Waals surface area contributed by atoms with Crippen molar-refractivity contribution in [3.8, 4) is 34.4 Å². The zero-order valence-corrected chi connectivity index (χ0v) is 17.9. The minimum absolute atomic E-state index is 0.116. The number of aromatic nitrogens is 3. The molecule has 156 valence electrons. The minimum Gasteiger partial charge on any atom is -0.497 e. The van der Waals surface area contributed by atoms with Gasteiger partial charge in [-0.05, 0) is 42.0 Å². The fourth-order valence-corrected chi connectivity index (χ4v) is 4.42. The predicted octanol–water partition coefficient (Wildman–Crippen LogP) is 3.86. The van der Waals surface area contributed by atoms with Crippen molar-refractivity contribution in [1.29, 1.82) is 0 Å². The molecule has 30 heavy (non-hydrogen) atoms. The van der Waals surface area contributed by atoms with Crippen LogP contribution in [0.1, 0.15) is 22.0 Å². The Morgan fingerprint density at radius 3 is 2.20 bits per heavy atom. The first-order chi connectivity index (χ1) is 14.6. The summed E-state index contributed by atoms with van der Waals surface area (Å²) in [6.45, 7) is 0. The fraction of sp³-hybridized carbons (Fsp3) is 0.286. The Labute approximate surface area is 178 Å². The van der Waals surface area contributed by atoms with Crippen molar-refractivity contribution >= 4 is 17.7 Å². The standard InChI is InChI=1S/C21H21N3O5S/c1-26-14-7-5-12(6-8-14)20-22-21-24(23-20)18(25)11-17(30-21)13-9-15(27-2)19(29-4)16(10-13)28-3/h5-10,17H,11H2,1-4H3/t17-/m0/s1. The zero-order chi connectivity index (χ0) is 21.3. The lowest BCUT2D eigenvalue weighted by molar-refractivity contribution is 0.0868. The van der Waals surface area contributed by atoms with Crippen molar-refractivity contribution in [3.63, 3.8) is 0 Å². The maximum Gasteiger partial charge on any atom is 0.250 e. The molecule has 0 N–H and O–H groups in total. The van der Waals surface area contributed by atoms with E-state index in [0.29, 0.717) is 28.2 Å². The first kappa shape index (κ1) is 20.1. The van der Waals surface area contributed by atoms with Crippen molar-refractivity contribution < 1.29 is 23.7 Å². The number of methoxy groups -OCH3 is 4. The van der Waals surface area contributed by atoms with E-state index >= 15 is 0 Å². The van der Waals surface area contributed by atoms with Crippen molar-refractivity contribution in [2.45, 2.75) is 16.8 Å². The minimum atomic E-state index is -0.147. The molecule has 3 aromatic rings. The van der Waals surface area contributed by atoms with Crippen molar-refractivity contribution in [3.05, 3.63) is 42.0 Å². The van der Waals surface area contributed by atoms with Crippen LogP contribution in [0.4, 0.5) is 0 Å². The highest BCUT2D eigenvalue weighted by atomic mass is 32.2. The second-order valence-electron chi connectivity index (χ2n) is 6.52. The third-order valence-corrected chi connectivity index (χ3v) is 6.03. The quantitative estimate of drug-likeness (QED) is 0.586. The van der Waals surface area contributed by atoms with Crippen LogP contribution >= 0.6 is 11.8 Å². The van der Waals surface area contributed by atoms with Crippen molar-refractivity contribution in [2.24, 2.45) is 0 Å². The van der Waals surface area contributed by atoms with E-state index < -0.39 is 0 Å². The van der Waals surface area contributed by atoms with Gasteiger partial charge in [0.1, 0.15) is 5.75 Å². The molecule has 0 amide bonds. The number of rotatable bonds is 6. The number of benzene rings is 2. The lowest BCUT2D eigenvalue weighted by atomic mass is 10.1. The summed E-state index contributed by atoms with van der Waals surface area (Å²) < 4.78 is 22.8. The predicted molar refractivity (Wildman–Crippen MR) is 112 cm³/mol. The molecule has 0 unspecified atom stereocenters. The van der Waals surface area contributed by atoms with Crippen LogP contribution in [0, 0.1) is 0 Å². The highest BCUT2D eigenvalue weighted by molar-refractivity contribution is 7.99. The van der Waals surface area contributed by atoms with Gasteiger partial charge in [0.05, 0.1) is 28.4 Å². The Kier molecular flexibility index (Phi) is 5.54. The van der Waals surface area contributed by atoms with Gasteiger partial charge in [-0.3, -0.25) is 4.79 Å². The molecule has 0 radical (unpaired) electrons. The second-order valence-corrected chi connectivity index (χ2v) is 7.69. The Hall–Kier alpha value is -3.20. The Bertz CT molecular complexity index is 1060. The van der Waals surface area contributed by atoms with E-state index in [-0.39, 0.29) is 17.6 Å². The summed E-state index contributed by atoms with van der Waals surface area (Å²) in [5, 5.41) is 4.81. The number of ether oxygens (including phenoxy) is 4. The van der Waals surface area contributed by atoms with E-state index in [4.69, 9.17) is 18.9 Å². The summed E-state index contributed by atoms with van der Waals surface area (Å²) >= 11 is 1.48. The van der Waals surface area contributed by atoms with Crippen LogP contribution < -0.4 is 18.9 Å². The van der Waals surface area contributed by atoms with Gasteiger partial charge < -0.3 is 18.9 Å². The average molecular weight is 427 g/mol. The topological polar surface area (TPSA) is 84.7 Å². The largest absolute Gasteiger partial charge is 0.497 e. The molecule has 0 spiro atoms. The van der Waals surface area contributed by atoms with E-state index in [1.165, 1.54) is 16.4 Å². The SMILES string of the molecule is COc1ccc(-c2nc3n(n2)C(=O)C[C@@H](c2cc(OC)c(OC)c(OC)c2)S3)cc1. The number of hydrogen-bond acceptors (Lipinski definition) is 8. The Balaban J connectivity index is 1.67. The summed E-state index contributed by atoms with van der Waals surface area (Å²) in [6.07, 6.45) is 0.279. The molecule has 0 saturated carbocycles. The smallest absolute Gasteiger partial charge is 0.250 e. The van der Waals surface area contributed by atoms with Gasteiger partial charge in [0.25, 0.3) is 5.91 Å². The van der Waals surface area contributed by atoms with Crippen molar-refractivity contribution in [1.82, 2.24) is 14.8 Å². The van der Waals surface area contributed by atoms with Crippen LogP contribution in [0.25, 0.3) is 11.4 Å². The Morgan fingerprint density at radius 2 is 1.63 bits per heavy atom. The lowest BCUT2D eigenvalue weighted by Crippen LogP contribution is -2.21. The normalized spacial score (nSPS) is 15.5. The molecule has 2 aromatic carbocycles. The molecule has 8 nitrogen and oxygen atoms in total. The average Bonchev–Trinajstić information content (AvgIpc) is 3.23. The highest BCUT2D eigenvalue weighted by Gasteiger charge is 2.31. The molecule has 0 fully saturated rings. The third kappa shape index (κ3) is 3.56. The third-order valence-electron chi connectivity index (χ3n) is 4.83. The first-order valence-corrected chi connectivity index (χ1v) is 10.1. The summed E-state index contributed by atoms with van der Waals surface area (Å²) in [6, 6.07) is 11.1. The van der Waals surface area contributed by atoms with Crippen LogP contribution in [0.2, 0.25) is 0 Å². The highest BCUT2D eigenvalue weighted by Crippen LogP contribution is 2.46. The molecule has 1 aliphatic rings. The number of carbonyl (C=O) groups is 1. The van der Waals surface area contributed by atoms with Gasteiger partial charge in [-0.25, -0.2) is 4.98 Å². The zero-order valence-electron chi connectivity index (χ0n) is 17.0. The fourth-order valence-electron chi connectivity index (χ4n) is 3.29. The van der Waals surface area contributed by atoms with E-state index in [1.54, 1.807) is 28.4 Å². The Morgan fingerprint density at radius 1 is 0.967 bits per heavy atom. The van der Waals surface area contributed by atoms with Crippen molar-refractivity contribution in [2.75, 3.05) is 28.4 Å². The van der Waals surface area contributed by atoms with E-state index in [2.05, 4.69) is 10.1 Å². The lowest BCUT2D eigenvalue weighted by Gasteiger charge is -2.22. The van der Waals surface area contributed by atoms with Gasteiger partial charge in [0, 0.05) is 17.2 Å². The molecule has 0 saturated heterocycles. The molecule has 0 aliphatic carbocycles. The summed E-state index contributed by atoms with van der Waals surface area (Å²) in [5.74, 6) is 2.74. The first-order valence-electron chi connectivity index (χ1n) is 9.19. The summed E-state index contributed by atoms with van der Waals surface area (Å²) in [5.41, 5.74) is 1.71. The van der Waals surface area contributed by atoms with Crippen LogP contribution in [0.5, 0.6) is 23.0 Å². The van der Waals surface area contributed by atoms with Gasteiger partial charge in [-0.1, -0.05) is 11.8 Å². The van der Waals surface area contributed by atoms with E-state index in [9.17, 15) is 4.79 Å². The van der Waals surface area contributed by atoms with Gasteiger partial charge in [-0.2, -0.15) is 4.68 Å². The number of nitrogens with zero attached hydrogens (tertiary/aromatic N) is 3. The van der Waals surface area contributed by atoms with Gasteiger partial charge in [0.15, 0.2) is 22.5 Å². The molecule has 1 atom stereocenters. The van der Waals surface area contributed by atoms with Crippen LogP contribution in [0.3, 0.4) is 0 Å². The number of thioether (sulfide) groups is 1.